The topological polar surface area (TPSA) is 61.6 Å². The molecule has 1 saturated carbocycles. The summed E-state index contributed by atoms with van der Waals surface area (Å²) in [4.78, 5) is 10.4. The summed E-state index contributed by atoms with van der Waals surface area (Å²) in [7, 11) is 1.41. The molecule has 1 aliphatic rings. The molecule has 0 unspecified atom stereocenters. The monoisotopic (exact) mass is 315 g/mol. The zero-order chi connectivity index (χ0) is 13.2. The molecular formula is C12H14BrNO4. The van der Waals surface area contributed by atoms with E-state index in [-0.39, 0.29) is 16.9 Å². The Bertz CT molecular complexity index is 459. The molecule has 0 bridgehead atoms. The highest BCUT2D eigenvalue weighted by molar-refractivity contribution is 9.09. The van der Waals surface area contributed by atoms with Crippen LogP contribution in [0.4, 0.5) is 5.69 Å². The number of benzene rings is 1. The van der Waals surface area contributed by atoms with E-state index >= 15 is 0 Å². The molecule has 0 amide bonds. The molecule has 18 heavy (non-hydrogen) atoms. The van der Waals surface area contributed by atoms with E-state index in [1.165, 1.54) is 13.2 Å². The summed E-state index contributed by atoms with van der Waals surface area (Å²) in [5.41, 5.74) is 0.146. The minimum Gasteiger partial charge on any atom is -0.493 e. The van der Waals surface area contributed by atoms with Crippen LogP contribution in [0.25, 0.3) is 0 Å². The number of hydrogen-bond donors (Lipinski definition) is 0. The van der Waals surface area contributed by atoms with Crippen LogP contribution in [0.3, 0.4) is 0 Å². The molecule has 0 aliphatic heterocycles. The fourth-order valence-corrected chi connectivity index (χ4v) is 2.35. The number of alkyl halides is 1. The Labute approximate surface area is 113 Å². The van der Waals surface area contributed by atoms with Crippen LogP contribution in [-0.4, -0.2) is 24.0 Å². The van der Waals surface area contributed by atoms with E-state index in [4.69, 9.17) is 9.47 Å². The predicted octanol–water partition coefficient (Wildman–Crippen LogP) is 3.16. The zero-order valence-electron chi connectivity index (χ0n) is 10.0. The third-order valence-corrected chi connectivity index (χ3v) is 4.32. The lowest BCUT2D eigenvalue weighted by Crippen LogP contribution is -2.14. The van der Waals surface area contributed by atoms with Crippen molar-refractivity contribution < 1.29 is 14.4 Å². The van der Waals surface area contributed by atoms with Gasteiger partial charge in [0.05, 0.1) is 24.7 Å². The van der Waals surface area contributed by atoms with Crippen LogP contribution in [0.2, 0.25) is 0 Å². The zero-order valence-corrected chi connectivity index (χ0v) is 11.6. The van der Waals surface area contributed by atoms with Gasteiger partial charge in [-0.05, 0) is 25.0 Å². The van der Waals surface area contributed by atoms with E-state index in [0.717, 1.165) is 18.2 Å². The predicted molar refractivity (Wildman–Crippen MR) is 70.6 cm³/mol. The SMILES string of the molecule is COc1ccc(OCC2(CBr)CC2)cc1[N+](=O)[O-]. The Kier molecular flexibility index (Phi) is 3.75. The molecule has 0 heterocycles. The normalized spacial score (nSPS) is 16.1. The summed E-state index contributed by atoms with van der Waals surface area (Å²) in [6, 6.07) is 4.65. The van der Waals surface area contributed by atoms with E-state index in [2.05, 4.69) is 15.9 Å². The molecule has 2 rings (SSSR count). The number of halogens is 1. The highest BCUT2D eigenvalue weighted by Gasteiger charge is 2.42. The number of hydrogen-bond acceptors (Lipinski definition) is 4. The van der Waals surface area contributed by atoms with Crippen molar-refractivity contribution in [2.45, 2.75) is 12.8 Å². The molecule has 0 aromatic heterocycles. The highest BCUT2D eigenvalue weighted by Crippen LogP contribution is 2.47. The first kappa shape index (κ1) is 13.1. The van der Waals surface area contributed by atoms with Crippen LogP contribution in [-0.2, 0) is 0 Å². The number of methoxy groups -OCH3 is 1. The van der Waals surface area contributed by atoms with Crippen molar-refractivity contribution in [1.82, 2.24) is 0 Å². The third-order valence-electron chi connectivity index (χ3n) is 3.13. The number of nitrogens with zero attached hydrogens (tertiary/aromatic N) is 1. The van der Waals surface area contributed by atoms with Crippen LogP contribution in [0, 0.1) is 15.5 Å². The van der Waals surface area contributed by atoms with Crippen molar-refractivity contribution in [3.8, 4) is 11.5 Å². The summed E-state index contributed by atoms with van der Waals surface area (Å²) in [6.45, 7) is 0.585. The first-order chi connectivity index (χ1) is 8.60. The van der Waals surface area contributed by atoms with Gasteiger partial charge in [-0.1, -0.05) is 15.9 Å². The lowest BCUT2D eigenvalue weighted by Gasteiger charge is -2.13. The summed E-state index contributed by atoms with van der Waals surface area (Å²) < 4.78 is 10.6. The second kappa shape index (κ2) is 5.14. The molecular weight excluding hydrogens is 302 g/mol. The maximum atomic E-state index is 10.9. The summed E-state index contributed by atoms with van der Waals surface area (Å²) in [6.07, 6.45) is 2.27. The van der Waals surface area contributed by atoms with Crippen molar-refractivity contribution in [1.29, 1.82) is 0 Å². The van der Waals surface area contributed by atoms with Crippen LogP contribution in [0.15, 0.2) is 18.2 Å². The lowest BCUT2D eigenvalue weighted by atomic mass is 10.2. The van der Waals surface area contributed by atoms with Gasteiger partial charge < -0.3 is 9.47 Å². The molecule has 1 aromatic carbocycles. The molecule has 6 heteroatoms. The van der Waals surface area contributed by atoms with Gasteiger partial charge in [-0.25, -0.2) is 0 Å². The minimum atomic E-state index is -0.469. The molecule has 98 valence electrons. The van der Waals surface area contributed by atoms with Crippen molar-refractivity contribution in [2.75, 3.05) is 19.0 Å². The minimum absolute atomic E-state index is 0.0707. The van der Waals surface area contributed by atoms with E-state index in [0.29, 0.717) is 12.4 Å². The van der Waals surface area contributed by atoms with Gasteiger partial charge in [0, 0.05) is 10.7 Å². The molecule has 1 aliphatic carbocycles. The maximum absolute atomic E-state index is 10.9. The van der Waals surface area contributed by atoms with E-state index < -0.39 is 4.92 Å². The van der Waals surface area contributed by atoms with Gasteiger partial charge in [-0.15, -0.1) is 0 Å². The summed E-state index contributed by atoms with van der Waals surface area (Å²) in [5.74, 6) is 0.753. The average molecular weight is 316 g/mol. The standard InChI is InChI=1S/C12H14BrNO4/c1-17-11-3-2-9(6-10(11)14(15)16)18-8-12(7-13)4-5-12/h2-3,6H,4-5,7-8H2,1H3. The first-order valence-corrected chi connectivity index (χ1v) is 6.73. The van der Waals surface area contributed by atoms with Gasteiger partial charge in [-0.2, -0.15) is 0 Å². The van der Waals surface area contributed by atoms with Crippen molar-refractivity contribution in [3.05, 3.63) is 28.3 Å². The van der Waals surface area contributed by atoms with Crippen LogP contribution < -0.4 is 9.47 Å². The number of ether oxygens (including phenoxy) is 2. The van der Waals surface area contributed by atoms with Crippen LogP contribution in [0.5, 0.6) is 11.5 Å². The maximum Gasteiger partial charge on any atom is 0.314 e. The molecule has 0 spiro atoms. The van der Waals surface area contributed by atoms with Gasteiger partial charge in [0.1, 0.15) is 5.75 Å². The van der Waals surface area contributed by atoms with Gasteiger partial charge in [0.25, 0.3) is 0 Å². The average Bonchev–Trinajstić information content (AvgIpc) is 3.16. The van der Waals surface area contributed by atoms with Gasteiger partial charge >= 0.3 is 5.69 Å². The quantitative estimate of drug-likeness (QED) is 0.459. The second-order valence-electron chi connectivity index (χ2n) is 4.51. The fraction of sp³-hybridized carbons (Fsp3) is 0.500. The van der Waals surface area contributed by atoms with Crippen molar-refractivity contribution in [2.24, 2.45) is 5.41 Å². The van der Waals surface area contributed by atoms with Gasteiger partial charge in [0.2, 0.25) is 0 Å². The molecule has 1 fully saturated rings. The Morgan fingerprint density at radius 3 is 2.72 bits per heavy atom. The number of rotatable bonds is 6. The lowest BCUT2D eigenvalue weighted by molar-refractivity contribution is -0.385. The third kappa shape index (κ3) is 2.75. The highest BCUT2D eigenvalue weighted by atomic mass is 79.9. The van der Waals surface area contributed by atoms with Crippen LogP contribution in [0.1, 0.15) is 12.8 Å². The first-order valence-electron chi connectivity index (χ1n) is 5.61. The Morgan fingerprint density at radius 2 is 2.22 bits per heavy atom. The summed E-state index contributed by atoms with van der Waals surface area (Å²) >= 11 is 3.46. The Morgan fingerprint density at radius 1 is 1.50 bits per heavy atom. The van der Waals surface area contributed by atoms with E-state index in [9.17, 15) is 10.1 Å². The molecule has 1 aromatic rings. The van der Waals surface area contributed by atoms with Gasteiger partial charge in [-0.3, -0.25) is 10.1 Å². The molecule has 0 atom stereocenters. The molecule has 0 saturated heterocycles. The Hall–Kier alpha value is -1.30. The number of nitro benzene ring substituents is 1. The molecule has 5 nitrogen and oxygen atoms in total. The Balaban J connectivity index is 2.09. The van der Waals surface area contributed by atoms with Crippen molar-refractivity contribution >= 4 is 21.6 Å². The smallest absolute Gasteiger partial charge is 0.314 e. The van der Waals surface area contributed by atoms with Crippen molar-refractivity contribution in [3.63, 3.8) is 0 Å². The van der Waals surface area contributed by atoms with Gasteiger partial charge in [0.15, 0.2) is 5.75 Å². The summed E-state index contributed by atoms with van der Waals surface area (Å²) in [5, 5.41) is 11.8. The van der Waals surface area contributed by atoms with Crippen LogP contribution >= 0.6 is 15.9 Å². The van der Waals surface area contributed by atoms with E-state index in [1.807, 2.05) is 0 Å². The largest absolute Gasteiger partial charge is 0.493 e. The molecule has 0 radical (unpaired) electrons. The van der Waals surface area contributed by atoms with E-state index in [1.54, 1.807) is 12.1 Å². The number of nitro groups is 1. The second-order valence-corrected chi connectivity index (χ2v) is 5.07. The fourth-order valence-electron chi connectivity index (χ4n) is 1.63. The molecule has 0 N–H and O–H groups in total.